The van der Waals surface area contributed by atoms with E-state index in [1.165, 1.54) is 0 Å². The van der Waals surface area contributed by atoms with E-state index >= 15 is 0 Å². The first-order valence-electron chi connectivity index (χ1n) is 10.4. The summed E-state index contributed by atoms with van der Waals surface area (Å²) < 4.78 is 11.0. The second kappa shape index (κ2) is 8.69. The van der Waals surface area contributed by atoms with Crippen molar-refractivity contribution in [2.45, 2.75) is 25.0 Å². The average Bonchev–Trinajstić information content (AvgIpc) is 2.71. The molecule has 1 aromatic rings. The highest BCUT2D eigenvalue weighted by atomic mass is 16.6. The van der Waals surface area contributed by atoms with Gasteiger partial charge in [0.2, 0.25) is 0 Å². The van der Waals surface area contributed by atoms with Crippen molar-refractivity contribution in [3.8, 4) is 5.75 Å². The average molecular weight is 402 g/mol. The molecule has 0 atom stereocenters. The van der Waals surface area contributed by atoms with E-state index in [4.69, 9.17) is 9.47 Å². The predicted octanol–water partition coefficient (Wildman–Crippen LogP) is 2.23. The Morgan fingerprint density at radius 1 is 1.17 bits per heavy atom. The van der Waals surface area contributed by atoms with E-state index < -0.39 is 0 Å². The van der Waals surface area contributed by atoms with Crippen molar-refractivity contribution < 1.29 is 14.4 Å². The maximum absolute atomic E-state index is 11.5. The van der Waals surface area contributed by atoms with Gasteiger partial charge in [-0.3, -0.25) is 15.0 Å². The highest BCUT2D eigenvalue weighted by molar-refractivity contribution is 5.73. The first kappa shape index (κ1) is 20.1. The van der Waals surface area contributed by atoms with E-state index in [2.05, 4.69) is 28.3 Å². The lowest BCUT2D eigenvalue weighted by molar-refractivity contribution is -0.386. The fraction of sp³-hybridized carbons (Fsp3) is 0.619. The van der Waals surface area contributed by atoms with E-state index in [1.807, 2.05) is 6.07 Å². The van der Waals surface area contributed by atoms with Crippen molar-refractivity contribution >= 4 is 17.5 Å². The summed E-state index contributed by atoms with van der Waals surface area (Å²) in [6.45, 7) is 11.2. The van der Waals surface area contributed by atoms with Crippen LogP contribution in [0.5, 0.6) is 5.75 Å². The monoisotopic (exact) mass is 402 g/mol. The Morgan fingerprint density at radius 3 is 2.41 bits per heavy atom. The van der Waals surface area contributed by atoms with Crippen LogP contribution in [-0.4, -0.2) is 86.4 Å². The van der Waals surface area contributed by atoms with Gasteiger partial charge in [-0.25, -0.2) is 0 Å². The standard InChI is InChI=1S/C21H30N4O4/c1-3-16-12-20(25(26)27)21(29-18-14-28-15-18)13-19(16)24-6-4-17(5-7-24)23-10-8-22(2)9-11-23/h3,12-13,17-18H,1,4-11,14-15H2,2H3. The van der Waals surface area contributed by atoms with E-state index in [1.54, 1.807) is 12.1 Å². The Hall–Kier alpha value is -2.16. The van der Waals surface area contributed by atoms with Crippen LogP contribution in [0.4, 0.5) is 11.4 Å². The largest absolute Gasteiger partial charge is 0.479 e. The van der Waals surface area contributed by atoms with Crippen molar-refractivity contribution in [3.63, 3.8) is 0 Å². The van der Waals surface area contributed by atoms with Crippen LogP contribution in [0.2, 0.25) is 0 Å². The Balaban J connectivity index is 1.49. The fourth-order valence-electron chi connectivity index (χ4n) is 4.37. The zero-order valence-electron chi connectivity index (χ0n) is 17.1. The molecular formula is C21H30N4O4. The number of hydrogen-bond donors (Lipinski definition) is 0. The van der Waals surface area contributed by atoms with E-state index in [-0.39, 0.29) is 16.7 Å². The van der Waals surface area contributed by atoms with Gasteiger partial charge < -0.3 is 19.3 Å². The molecule has 3 fully saturated rings. The van der Waals surface area contributed by atoms with Crippen molar-refractivity contribution in [2.75, 3.05) is 64.4 Å². The van der Waals surface area contributed by atoms with Gasteiger partial charge in [-0.05, 0) is 19.9 Å². The SMILES string of the molecule is C=Cc1cc([N+](=O)[O-])c(OC2COC2)cc1N1CCC(N2CCN(C)CC2)CC1. The minimum atomic E-state index is -0.384. The Kier molecular flexibility index (Phi) is 6.03. The van der Waals surface area contributed by atoms with E-state index in [0.717, 1.165) is 63.4 Å². The third-order valence-electron chi connectivity index (χ3n) is 6.29. The molecule has 3 heterocycles. The second-order valence-electron chi connectivity index (χ2n) is 8.17. The zero-order valence-corrected chi connectivity index (χ0v) is 17.1. The molecule has 3 aliphatic rings. The number of ether oxygens (including phenoxy) is 2. The number of rotatable bonds is 6. The van der Waals surface area contributed by atoms with Crippen LogP contribution in [0.1, 0.15) is 18.4 Å². The van der Waals surface area contributed by atoms with Gasteiger partial charge in [-0.15, -0.1) is 0 Å². The van der Waals surface area contributed by atoms with Crippen molar-refractivity contribution in [2.24, 2.45) is 0 Å². The molecule has 0 spiro atoms. The molecule has 0 unspecified atom stereocenters. The first-order valence-corrected chi connectivity index (χ1v) is 10.4. The normalized spacial score (nSPS) is 22.3. The predicted molar refractivity (Wildman–Crippen MR) is 113 cm³/mol. The Morgan fingerprint density at radius 2 is 1.86 bits per heavy atom. The summed E-state index contributed by atoms with van der Waals surface area (Å²) in [6, 6.07) is 4.03. The molecule has 0 amide bonds. The van der Waals surface area contributed by atoms with Crippen LogP contribution in [0.3, 0.4) is 0 Å². The van der Waals surface area contributed by atoms with Gasteiger partial charge >= 0.3 is 5.69 Å². The topological polar surface area (TPSA) is 71.3 Å². The molecule has 1 aromatic carbocycles. The second-order valence-corrected chi connectivity index (χ2v) is 8.17. The molecule has 3 aliphatic heterocycles. The van der Waals surface area contributed by atoms with Gasteiger partial charge in [-0.2, -0.15) is 0 Å². The third kappa shape index (κ3) is 4.39. The van der Waals surface area contributed by atoms with Gasteiger partial charge in [0, 0.05) is 68.7 Å². The quantitative estimate of drug-likeness (QED) is 0.534. The summed E-state index contributed by atoms with van der Waals surface area (Å²) >= 11 is 0. The summed E-state index contributed by atoms with van der Waals surface area (Å²) in [5.74, 6) is 0.324. The molecule has 3 saturated heterocycles. The van der Waals surface area contributed by atoms with Crippen molar-refractivity contribution in [1.29, 1.82) is 0 Å². The van der Waals surface area contributed by atoms with Crippen LogP contribution in [0.25, 0.3) is 6.08 Å². The van der Waals surface area contributed by atoms with Gasteiger partial charge in [-0.1, -0.05) is 12.7 Å². The molecule has 0 radical (unpaired) electrons. The maximum Gasteiger partial charge on any atom is 0.311 e. The molecule has 8 heteroatoms. The number of benzene rings is 1. The summed E-state index contributed by atoms with van der Waals surface area (Å²) in [6.07, 6.45) is 3.79. The zero-order chi connectivity index (χ0) is 20.4. The van der Waals surface area contributed by atoms with Crippen LogP contribution in [0, 0.1) is 10.1 Å². The molecule has 0 aromatic heterocycles. The van der Waals surface area contributed by atoms with Crippen LogP contribution in [0.15, 0.2) is 18.7 Å². The minimum absolute atomic E-state index is 0.0112. The summed E-state index contributed by atoms with van der Waals surface area (Å²) in [4.78, 5) is 18.5. The first-order chi connectivity index (χ1) is 14.0. The fourth-order valence-corrected chi connectivity index (χ4v) is 4.37. The van der Waals surface area contributed by atoms with Crippen molar-refractivity contribution in [1.82, 2.24) is 9.80 Å². The highest BCUT2D eigenvalue weighted by Crippen LogP contribution is 2.38. The van der Waals surface area contributed by atoms with Gasteiger partial charge in [0.15, 0.2) is 5.75 Å². The molecule has 4 rings (SSSR count). The Labute approximate surface area is 171 Å². The lowest BCUT2D eigenvalue weighted by atomic mass is 10.00. The molecular weight excluding hydrogens is 372 g/mol. The number of anilines is 1. The minimum Gasteiger partial charge on any atom is -0.479 e. The molecule has 8 nitrogen and oxygen atoms in total. The van der Waals surface area contributed by atoms with Gasteiger partial charge in [0.1, 0.15) is 6.10 Å². The van der Waals surface area contributed by atoms with Gasteiger partial charge in [0.25, 0.3) is 0 Å². The Bertz CT molecular complexity index is 751. The number of nitrogens with zero attached hydrogens (tertiary/aromatic N) is 4. The van der Waals surface area contributed by atoms with Crippen LogP contribution < -0.4 is 9.64 Å². The molecule has 29 heavy (non-hydrogen) atoms. The van der Waals surface area contributed by atoms with Gasteiger partial charge in [0.05, 0.1) is 18.1 Å². The van der Waals surface area contributed by atoms with E-state index in [9.17, 15) is 10.1 Å². The number of piperazine rings is 1. The lowest BCUT2D eigenvalue weighted by Gasteiger charge is -2.43. The number of hydrogen-bond acceptors (Lipinski definition) is 7. The van der Waals surface area contributed by atoms with E-state index in [0.29, 0.717) is 25.0 Å². The lowest BCUT2D eigenvalue weighted by Crippen LogP contribution is -2.52. The molecule has 0 saturated carbocycles. The van der Waals surface area contributed by atoms with Crippen molar-refractivity contribution in [3.05, 3.63) is 34.4 Å². The summed E-state index contributed by atoms with van der Waals surface area (Å²) in [7, 11) is 2.18. The third-order valence-corrected chi connectivity index (χ3v) is 6.29. The summed E-state index contributed by atoms with van der Waals surface area (Å²) in [5.41, 5.74) is 1.74. The summed E-state index contributed by atoms with van der Waals surface area (Å²) in [5, 5.41) is 11.5. The highest BCUT2D eigenvalue weighted by Gasteiger charge is 2.30. The number of nitro benzene ring substituents is 1. The van der Waals surface area contributed by atoms with Crippen LogP contribution in [-0.2, 0) is 4.74 Å². The molecule has 158 valence electrons. The molecule has 0 aliphatic carbocycles. The number of nitro groups is 1. The molecule has 0 bridgehead atoms. The molecule has 0 N–H and O–H groups in total. The smallest absolute Gasteiger partial charge is 0.311 e. The number of likely N-dealkylation sites (N-methyl/N-ethyl adjacent to an activating group) is 1. The number of piperidine rings is 1. The maximum atomic E-state index is 11.5. The van der Waals surface area contributed by atoms with Crippen LogP contribution >= 0.6 is 0 Å².